The lowest BCUT2D eigenvalue weighted by molar-refractivity contribution is 0.467. The third-order valence-electron chi connectivity index (χ3n) is 2.63. The quantitative estimate of drug-likeness (QED) is 0.739. The van der Waals surface area contributed by atoms with Crippen LogP contribution in [0.5, 0.6) is 5.75 Å². The van der Waals surface area contributed by atoms with E-state index in [9.17, 15) is 5.11 Å². The Morgan fingerprint density at radius 1 is 1.38 bits per heavy atom. The number of aromatic amines is 1. The Bertz CT molecular complexity index is 477. The Balaban J connectivity index is 2.13. The minimum atomic E-state index is 0.351. The highest BCUT2D eigenvalue weighted by atomic mass is 16.3. The molecule has 0 fully saturated rings. The summed E-state index contributed by atoms with van der Waals surface area (Å²) < 4.78 is 0. The van der Waals surface area contributed by atoms with Crippen molar-refractivity contribution >= 4 is 5.69 Å². The van der Waals surface area contributed by atoms with E-state index in [4.69, 9.17) is 0 Å². The number of imidazole rings is 1. The maximum atomic E-state index is 9.78. The summed E-state index contributed by atoms with van der Waals surface area (Å²) in [6.45, 7) is 4.40. The van der Waals surface area contributed by atoms with Crippen molar-refractivity contribution < 1.29 is 5.11 Å². The Morgan fingerprint density at radius 3 is 2.88 bits per heavy atom. The lowest BCUT2D eigenvalue weighted by Crippen LogP contribution is -2.02. The summed E-state index contributed by atoms with van der Waals surface area (Å²) in [5.41, 5.74) is 2.69. The van der Waals surface area contributed by atoms with E-state index in [1.807, 2.05) is 26.0 Å². The van der Waals surface area contributed by atoms with E-state index in [1.165, 1.54) is 0 Å². The fourth-order valence-corrected chi connectivity index (χ4v) is 1.60. The normalized spacial score (nSPS) is 10.4. The number of phenols is 1. The number of hydrogen-bond acceptors (Lipinski definition) is 3. The molecule has 0 radical (unpaired) electrons. The zero-order valence-corrected chi connectivity index (χ0v) is 9.41. The van der Waals surface area contributed by atoms with Gasteiger partial charge < -0.3 is 15.4 Å². The molecular formula is C12H15N3O. The van der Waals surface area contributed by atoms with Crippen LogP contribution in [-0.4, -0.2) is 15.1 Å². The first kappa shape index (κ1) is 10.5. The van der Waals surface area contributed by atoms with E-state index in [-0.39, 0.29) is 0 Å². The van der Waals surface area contributed by atoms with Crippen LogP contribution in [0.2, 0.25) is 0 Å². The molecule has 0 saturated heterocycles. The maximum Gasteiger partial charge on any atom is 0.125 e. The van der Waals surface area contributed by atoms with Crippen LogP contribution in [0.15, 0.2) is 24.5 Å². The molecule has 2 rings (SSSR count). The van der Waals surface area contributed by atoms with E-state index in [1.54, 1.807) is 12.4 Å². The minimum absolute atomic E-state index is 0.351. The van der Waals surface area contributed by atoms with E-state index < -0.39 is 0 Å². The molecule has 3 N–H and O–H groups in total. The number of rotatable bonds is 3. The van der Waals surface area contributed by atoms with Gasteiger partial charge in [0.05, 0.1) is 6.54 Å². The molecule has 0 atom stereocenters. The molecule has 0 amide bonds. The molecule has 2 aromatic rings. The van der Waals surface area contributed by atoms with Crippen molar-refractivity contribution in [2.45, 2.75) is 20.4 Å². The van der Waals surface area contributed by atoms with Gasteiger partial charge in [0, 0.05) is 23.6 Å². The molecule has 4 nitrogen and oxygen atoms in total. The molecule has 84 valence electrons. The number of aromatic hydroxyl groups is 1. The first-order valence-electron chi connectivity index (χ1n) is 5.20. The summed E-state index contributed by atoms with van der Waals surface area (Å²) in [4.78, 5) is 7.14. The number of anilines is 1. The second-order valence-electron chi connectivity index (χ2n) is 3.79. The molecule has 0 aliphatic rings. The number of hydrogen-bond donors (Lipinski definition) is 3. The topological polar surface area (TPSA) is 60.9 Å². The van der Waals surface area contributed by atoms with Crippen molar-refractivity contribution in [3.8, 4) is 5.75 Å². The van der Waals surface area contributed by atoms with Crippen LogP contribution in [0.1, 0.15) is 17.0 Å². The Morgan fingerprint density at radius 2 is 2.19 bits per heavy atom. The highest BCUT2D eigenvalue weighted by molar-refractivity contribution is 5.58. The van der Waals surface area contributed by atoms with E-state index >= 15 is 0 Å². The molecule has 1 aromatic heterocycles. The first-order valence-corrected chi connectivity index (χ1v) is 5.20. The molecule has 0 aliphatic carbocycles. The van der Waals surface area contributed by atoms with Crippen molar-refractivity contribution in [1.82, 2.24) is 9.97 Å². The third kappa shape index (κ3) is 2.00. The SMILES string of the molecule is Cc1ccc(NCc2ncc[nH]2)c(C)c1O. The number of aryl methyl sites for hydroxylation is 1. The predicted molar refractivity (Wildman–Crippen MR) is 63.5 cm³/mol. The van der Waals surface area contributed by atoms with E-state index in [0.717, 1.165) is 22.6 Å². The van der Waals surface area contributed by atoms with Gasteiger partial charge in [0.2, 0.25) is 0 Å². The maximum absolute atomic E-state index is 9.78. The standard InChI is InChI=1S/C12H15N3O/c1-8-3-4-10(9(2)12(8)16)15-7-11-13-5-6-14-11/h3-6,15-16H,7H2,1-2H3,(H,13,14). The number of nitrogens with zero attached hydrogens (tertiary/aromatic N) is 1. The Labute approximate surface area is 94.4 Å². The van der Waals surface area contributed by atoms with Crippen LogP contribution in [0.3, 0.4) is 0 Å². The fourth-order valence-electron chi connectivity index (χ4n) is 1.60. The van der Waals surface area contributed by atoms with E-state index in [2.05, 4.69) is 15.3 Å². The smallest absolute Gasteiger partial charge is 0.125 e. The molecule has 0 unspecified atom stereocenters. The lowest BCUT2D eigenvalue weighted by atomic mass is 10.1. The summed E-state index contributed by atoms with van der Waals surface area (Å²) in [5, 5.41) is 13.0. The van der Waals surface area contributed by atoms with Gasteiger partial charge >= 0.3 is 0 Å². The van der Waals surface area contributed by atoms with Gasteiger partial charge in [-0.1, -0.05) is 6.07 Å². The van der Waals surface area contributed by atoms with Gasteiger partial charge in [-0.15, -0.1) is 0 Å². The number of phenolic OH excluding ortho intramolecular Hbond substituents is 1. The average Bonchev–Trinajstić information content (AvgIpc) is 2.78. The van der Waals surface area contributed by atoms with Gasteiger partial charge in [0.15, 0.2) is 0 Å². The molecule has 0 aliphatic heterocycles. The highest BCUT2D eigenvalue weighted by Gasteiger charge is 2.05. The minimum Gasteiger partial charge on any atom is -0.507 e. The predicted octanol–water partition coefficient (Wildman–Crippen LogP) is 2.34. The number of nitrogens with one attached hydrogen (secondary N) is 2. The largest absolute Gasteiger partial charge is 0.507 e. The van der Waals surface area contributed by atoms with Gasteiger partial charge in [-0.3, -0.25) is 0 Å². The molecule has 0 saturated carbocycles. The number of aromatic nitrogens is 2. The second kappa shape index (κ2) is 4.26. The molecule has 4 heteroatoms. The van der Waals surface area contributed by atoms with Crippen LogP contribution in [0.4, 0.5) is 5.69 Å². The Hall–Kier alpha value is -1.97. The monoisotopic (exact) mass is 217 g/mol. The summed E-state index contributed by atoms with van der Waals surface area (Å²) in [7, 11) is 0. The van der Waals surface area contributed by atoms with Gasteiger partial charge in [-0.2, -0.15) is 0 Å². The first-order chi connectivity index (χ1) is 7.68. The van der Waals surface area contributed by atoms with Crippen molar-refractivity contribution in [2.75, 3.05) is 5.32 Å². The van der Waals surface area contributed by atoms with Crippen LogP contribution in [0.25, 0.3) is 0 Å². The number of H-pyrrole nitrogens is 1. The van der Waals surface area contributed by atoms with Gasteiger partial charge in [-0.05, 0) is 25.5 Å². The third-order valence-corrected chi connectivity index (χ3v) is 2.63. The van der Waals surface area contributed by atoms with Crippen molar-refractivity contribution in [1.29, 1.82) is 0 Å². The highest BCUT2D eigenvalue weighted by Crippen LogP contribution is 2.28. The summed E-state index contributed by atoms with van der Waals surface area (Å²) in [5.74, 6) is 1.23. The van der Waals surface area contributed by atoms with Crippen LogP contribution in [0, 0.1) is 13.8 Å². The molecular weight excluding hydrogens is 202 g/mol. The van der Waals surface area contributed by atoms with Crippen molar-refractivity contribution in [3.05, 3.63) is 41.5 Å². The van der Waals surface area contributed by atoms with Gasteiger partial charge in [-0.25, -0.2) is 4.98 Å². The summed E-state index contributed by atoms with van der Waals surface area (Å²) >= 11 is 0. The second-order valence-corrected chi connectivity index (χ2v) is 3.79. The zero-order valence-electron chi connectivity index (χ0n) is 9.41. The summed E-state index contributed by atoms with van der Waals surface area (Å²) in [6.07, 6.45) is 3.51. The molecule has 16 heavy (non-hydrogen) atoms. The lowest BCUT2D eigenvalue weighted by Gasteiger charge is -2.11. The Kier molecular flexibility index (Phi) is 2.81. The van der Waals surface area contributed by atoms with Crippen LogP contribution >= 0.6 is 0 Å². The van der Waals surface area contributed by atoms with Gasteiger partial charge in [0.25, 0.3) is 0 Å². The van der Waals surface area contributed by atoms with Crippen LogP contribution < -0.4 is 5.32 Å². The summed E-state index contributed by atoms with van der Waals surface area (Å²) in [6, 6.07) is 3.86. The average molecular weight is 217 g/mol. The van der Waals surface area contributed by atoms with Crippen molar-refractivity contribution in [3.63, 3.8) is 0 Å². The zero-order chi connectivity index (χ0) is 11.5. The molecule has 1 heterocycles. The van der Waals surface area contributed by atoms with Gasteiger partial charge in [0.1, 0.15) is 11.6 Å². The van der Waals surface area contributed by atoms with Crippen molar-refractivity contribution in [2.24, 2.45) is 0 Å². The number of benzene rings is 1. The molecule has 0 spiro atoms. The fraction of sp³-hybridized carbons (Fsp3) is 0.250. The molecule has 1 aromatic carbocycles. The molecule has 0 bridgehead atoms. The van der Waals surface area contributed by atoms with Crippen LogP contribution in [-0.2, 0) is 6.54 Å². The van der Waals surface area contributed by atoms with E-state index in [0.29, 0.717) is 12.3 Å².